The Morgan fingerprint density at radius 1 is 1.15 bits per heavy atom. The van der Waals surface area contributed by atoms with Gasteiger partial charge in [0.1, 0.15) is 5.82 Å². The molecular weight excluding hydrogens is 439 g/mol. The van der Waals surface area contributed by atoms with E-state index in [0.29, 0.717) is 17.5 Å². The third-order valence-corrected chi connectivity index (χ3v) is 6.79. The summed E-state index contributed by atoms with van der Waals surface area (Å²) in [6, 6.07) is 12.4. The van der Waals surface area contributed by atoms with Gasteiger partial charge in [0.2, 0.25) is 5.91 Å². The number of rotatable bonds is 9. The van der Waals surface area contributed by atoms with Crippen molar-refractivity contribution in [3.05, 3.63) is 59.4 Å². The molecule has 33 heavy (non-hydrogen) atoms. The average Bonchev–Trinajstić information content (AvgIpc) is 3.49. The number of ether oxygens (including phenoxy) is 1. The first-order chi connectivity index (χ1) is 16.1. The second kappa shape index (κ2) is 10.9. The molecule has 1 aromatic heterocycles. The molecule has 174 valence electrons. The van der Waals surface area contributed by atoms with E-state index in [1.54, 1.807) is 12.1 Å². The Labute approximate surface area is 197 Å². The number of hydrogen-bond donors (Lipinski definition) is 1. The Morgan fingerprint density at radius 3 is 2.52 bits per heavy atom. The van der Waals surface area contributed by atoms with E-state index >= 15 is 0 Å². The van der Waals surface area contributed by atoms with Gasteiger partial charge in [0.15, 0.2) is 11.0 Å². The number of aryl methyl sites for hydroxylation is 2. The van der Waals surface area contributed by atoms with Gasteiger partial charge in [0, 0.05) is 17.9 Å². The van der Waals surface area contributed by atoms with E-state index in [1.165, 1.54) is 23.9 Å². The Balaban J connectivity index is 1.52. The Kier molecular flexibility index (Phi) is 7.77. The molecule has 6 nitrogen and oxygen atoms in total. The van der Waals surface area contributed by atoms with Crippen LogP contribution in [0, 0.1) is 5.82 Å². The zero-order valence-electron chi connectivity index (χ0n) is 19.0. The summed E-state index contributed by atoms with van der Waals surface area (Å²) in [4.78, 5) is 12.8. The lowest BCUT2D eigenvalue weighted by atomic mass is 10.0. The molecular formula is C25H29FN4O2S. The summed E-state index contributed by atoms with van der Waals surface area (Å²) in [5.74, 6) is 0.492. The number of nitrogens with one attached hydrogen (secondary N) is 1. The summed E-state index contributed by atoms with van der Waals surface area (Å²) in [5.41, 5.74) is 3.96. The largest absolute Gasteiger partial charge is 0.376 e. The van der Waals surface area contributed by atoms with Crippen LogP contribution in [0.1, 0.15) is 37.8 Å². The highest BCUT2D eigenvalue weighted by Crippen LogP contribution is 2.28. The third-order valence-electron chi connectivity index (χ3n) is 5.83. The Hall–Kier alpha value is -2.71. The van der Waals surface area contributed by atoms with E-state index in [-0.39, 0.29) is 23.6 Å². The van der Waals surface area contributed by atoms with Crippen molar-refractivity contribution in [2.75, 3.05) is 17.7 Å². The maximum absolute atomic E-state index is 13.4. The molecule has 0 saturated carbocycles. The molecule has 1 atom stereocenters. The highest BCUT2D eigenvalue weighted by atomic mass is 32.2. The number of anilines is 1. The van der Waals surface area contributed by atoms with Crippen LogP contribution >= 0.6 is 11.8 Å². The van der Waals surface area contributed by atoms with Crippen LogP contribution in [-0.4, -0.2) is 39.1 Å². The lowest BCUT2D eigenvalue weighted by Gasteiger charge is -2.16. The van der Waals surface area contributed by atoms with E-state index < -0.39 is 0 Å². The molecule has 0 radical (unpaired) electrons. The van der Waals surface area contributed by atoms with E-state index in [9.17, 15) is 9.18 Å². The SMILES string of the molecule is CCc1cccc(CC)c1NC(=O)CSc1nnc(-c2ccc(F)cc2)n1CC1CCCO1. The van der Waals surface area contributed by atoms with Gasteiger partial charge in [0.25, 0.3) is 0 Å². The zero-order valence-corrected chi connectivity index (χ0v) is 19.8. The highest BCUT2D eigenvalue weighted by molar-refractivity contribution is 7.99. The molecule has 1 N–H and O–H groups in total. The number of amides is 1. The van der Waals surface area contributed by atoms with E-state index in [1.807, 2.05) is 10.6 Å². The minimum Gasteiger partial charge on any atom is -0.376 e. The first-order valence-electron chi connectivity index (χ1n) is 11.4. The van der Waals surface area contributed by atoms with Crippen molar-refractivity contribution >= 4 is 23.4 Å². The summed E-state index contributed by atoms with van der Waals surface area (Å²) in [7, 11) is 0. The van der Waals surface area contributed by atoms with Gasteiger partial charge in [-0.1, -0.05) is 43.8 Å². The van der Waals surface area contributed by atoms with Gasteiger partial charge >= 0.3 is 0 Å². The van der Waals surface area contributed by atoms with Gasteiger partial charge in [-0.25, -0.2) is 4.39 Å². The predicted molar refractivity (Wildman–Crippen MR) is 129 cm³/mol. The van der Waals surface area contributed by atoms with Gasteiger partial charge in [-0.15, -0.1) is 10.2 Å². The molecule has 8 heteroatoms. The number of carbonyl (C=O) groups is 1. The van der Waals surface area contributed by atoms with E-state index in [0.717, 1.165) is 54.7 Å². The molecule has 3 aromatic rings. The summed E-state index contributed by atoms with van der Waals surface area (Å²) in [5, 5.41) is 12.5. The fraction of sp³-hybridized carbons (Fsp3) is 0.400. The lowest BCUT2D eigenvalue weighted by molar-refractivity contribution is -0.113. The topological polar surface area (TPSA) is 69.0 Å². The predicted octanol–water partition coefficient (Wildman–Crippen LogP) is 5.12. The van der Waals surface area contributed by atoms with Crippen LogP contribution in [0.3, 0.4) is 0 Å². The maximum Gasteiger partial charge on any atom is 0.234 e. The number of halogens is 1. The van der Waals surface area contributed by atoms with Gasteiger partial charge in [-0.3, -0.25) is 9.36 Å². The van der Waals surface area contributed by atoms with Crippen molar-refractivity contribution in [1.29, 1.82) is 0 Å². The number of aromatic nitrogens is 3. The normalized spacial score (nSPS) is 15.7. The molecule has 1 aliphatic heterocycles. The van der Waals surface area contributed by atoms with Crippen molar-refractivity contribution in [3.8, 4) is 11.4 Å². The molecule has 0 bridgehead atoms. The second-order valence-corrected chi connectivity index (χ2v) is 9.00. The van der Waals surface area contributed by atoms with Gasteiger partial charge in [-0.2, -0.15) is 0 Å². The minimum atomic E-state index is -0.297. The fourth-order valence-electron chi connectivity index (χ4n) is 4.07. The number of benzene rings is 2. The average molecular weight is 469 g/mol. The van der Waals surface area contributed by atoms with Crippen LogP contribution in [0.25, 0.3) is 11.4 Å². The molecule has 0 aliphatic carbocycles. The van der Waals surface area contributed by atoms with Crippen molar-refractivity contribution in [3.63, 3.8) is 0 Å². The number of para-hydroxylation sites is 1. The second-order valence-electron chi connectivity index (χ2n) is 8.05. The Morgan fingerprint density at radius 2 is 1.88 bits per heavy atom. The third kappa shape index (κ3) is 5.62. The van der Waals surface area contributed by atoms with Crippen molar-refractivity contribution in [2.24, 2.45) is 0 Å². The first kappa shape index (κ1) is 23.4. The molecule has 0 spiro atoms. The molecule has 2 aromatic carbocycles. The van der Waals surface area contributed by atoms with E-state index in [4.69, 9.17) is 4.74 Å². The standard InChI is InChI=1S/C25H29FN4O2S/c1-3-17-7-5-8-18(4-2)23(17)27-22(31)16-33-25-29-28-24(19-10-12-20(26)13-11-19)30(25)15-21-9-6-14-32-21/h5,7-8,10-13,21H,3-4,6,9,14-16H2,1-2H3,(H,27,31). The zero-order chi connectivity index (χ0) is 23.2. The fourth-order valence-corrected chi connectivity index (χ4v) is 4.82. The van der Waals surface area contributed by atoms with E-state index in [2.05, 4.69) is 41.5 Å². The minimum absolute atomic E-state index is 0.0781. The maximum atomic E-state index is 13.4. The summed E-state index contributed by atoms with van der Waals surface area (Å²) < 4.78 is 21.2. The number of carbonyl (C=O) groups excluding carboxylic acids is 1. The van der Waals surface area contributed by atoms with Crippen LogP contribution < -0.4 is 5.32 Å². The molecule has 2 heterocycles. The molecule has 1 saturated heterocycles. The van der Waals surface area contributed by atoms with Crippen molar-refractivity contribution < 1.29 is 13.9 Å². The molecule has 4 rings (SSSR count). The van der Waals surface area contributed by atoms with Gasteiger partial charge in [0.05, 0.1) is 18.4 Å². The smallest absolute Gasteiger partial charge is 0.234 e. The number of thioether (sulfide) groups is 1. The molecule has 1 unspecified atom stereocenters. The summed E-state index contributed by atoms with van der Waals surface area (Å²) >= 11 is 1.35. The Bertz CT molecular complexity index is 1070. The number of nitrogens with zero attached hydrogens (tertiary/aromatic N) is 3. The van der Waals surface area contributed by atoms with Crippen molar-refractivity contribution in [1.82, 2.24) is 14.8 Å². The monoisotopic (exact) mass is 468 g/mol. The van der Waals surface area contributed by atoms with Crippen LogP contribution in [0.15, 0.2) is 47.6 Å². The van der Waals surface area contributed by atoms with Crippen LogP contribution in [0.2, 0.25) is 0 Å². The van der Waals surface area contributed by atoms with Gasteiger partial charge in [-0.05, 0) is 61.1 Å². The number of hydrogen-bond acceptors (Lipinski definition) is 5. The van der Waals surface area contributed by atoms with Gasteiger partial charge < -0.3 is 10.1 Å². The quantitative estimate of drug-likeness (QED) is 0.442. The summed E-state index contributed by atoms with van der Waals surface area (Å²) in [6.07, 6.45) is 3.79. The van der Waals surface area contributed by atoms with Crippen LogP contribution in [0.5, 0.6) is 0 Å². The van der Waals surface area contributed by atoms with Crippen LogP contribution in [0.4, 0.5) is 10.1 Å². The van der Waals surface area contributed by atoms with Crippen molar-refractivity contribution in [2.45, 2.75) is 57.3 Å². The first-order valence-corrected chi connectivity index (χ1v) is 12.4. The molecule has 1 amide bonds. The lowest BCUT2D eigenvalue weighted by Crippen LogP contribution is -2.19. The summed E-state index contributed by atoms with van der Waals surface area (Å²) in [6.45, 7) is 5.52. The molecule has 1 aliphatic rings. The molecule has 1 fully saturated rings. The van der Waals surface area contributed by atoms with Crippen LogP contribution in [-0.2, 0) is 28.9 Å². The highest BCUT2D eigenvalue weighted by Gasteiger charge is 2.22.